The Morgan fingerprint density at radius 1 is 1.38 bits per heavy atom. The van der Waals surface area contributed by atoms with Gasteiger partial charge in [0, 0.05) is 18.9 Å². The maximum absolute atomic E-state index is 12.1. The zero-order chi connectivity index (χ0) is 14.7. The van der Waals surface area contributed by atoms with Gasteiger partial charge in [-0.1, -0.05) is 31.9 Å². The molecule has 2 aromatic rings. The van der Waals surface area contributed by atoms with Gasteiger partial charge in [-0.3, -0.25) is 4.79 Å². The molecule has 1 aliphatic rings. The highest BCUT2D eigenvalue weighted by Crippen LogP contribution is 2.24. The van der Waals surface area contributed by atoms with Gasteiger partial charge in [0.2, 0.25) is 5.91 Å². The number of amides is 1. The standard InChI is InChI=1S/C17H22N2OS/c1-12-5-4-6-13(11-12)18-16(20)9-10-17-19-14-7-2-3-8-15(14)21-17/h2-3,7-8,12-13H,4-6,9-11H2,1H3,(H,18,20). The van der Waals surface area contributed by atoms with Crippen molar-refractivity contribution in [1.29, 1.82) is 0 Å². The summed E-state index contributed by atoms with van der Waals surface area (Å²) in [6, 6.07) is 8.53. The number of benzene rings is 1. The Morgan fingerprint density at radius 2 is 2.24 bits per heavy atom. The molecule has 21 heavy (non-hydrogen) atoms. The molecule has 1 saturated carbocycles. The monoisotopic (exact) mass is 302 g/mol. The van der Waals surface area contributed by atoms with Crippen molar-refractivity contribution in [3.05, 3.63) is 29.3 Å². The lowest BCUT2D eigenvalue weighted by atomic mass is 9.87. The minimum Gasteiger partial charge on any atom is -0.353 e. The van der Waals surface area contributed by atoms with E-state index in [-0.39, 0.29) is 5.91 Å². The van der Waals surface area contributed by atoms with Crippen molar-refractivity contribution in [1.82, 2.24) is 10.3 Å². The molecule has 1 aliphatic carbocycles. The smallest absolute Gasteiger partial charge is 0.220 e. The molecule has 112 valence electrons. The van der Waals surface area contributed by atoms with Gasteiger partial charge in [-0.25, -0.2) is 4.98 Å². The van der Waals surface area contributed by atoms with Gasteiger partial charge >= 0.3 is 0 Å². The topological polar surface area (TPSA) is 42.0 Å². The van der Waals surface area contributed by atoms with Gasteiger partial charge in [0.1, 0.15) is 0 Å². The van der Waals surface area contributed by atoms with Crippen molar-refractivity contribution in [2.75, 3.05) is 0 Å². The molecule has 1 heterocycles. The molecule has 0 saturated heterocycles. The lowest BCUT2D eigenvalue weighted by Gasteiger charge is -2.27. The molecule has 1 aromatic heterocycles. The Morgan fingerprint density at radius 3 is 3.05 bits per heavy atom. The zero-order valence-corrected chi connectivity index (χ0v) is 13.3. The minimum atomic E-state index is 0.174. The van der Waals surface area contributed by atoms with Crippen molar-refractivity contribution >= 4 is 27.5 Å². The number of carbonyl (C=O) groups is 1. The fourth-order valence-electron chi connectivity index (χ4n) is 3.11. The summed E-state index contributed by atoms with van der Waals surface area (Å²) in [5.41, 5.74) is 1.04. The normalized spacial score (nSPS) is 22.3. The van der Waals surface area contributed by atoms with Crippen LogP contribution in [0.4, 0.5) is 0 Å². The van der Waals surface area contributed by atoms with Crippen LogP contribution in [0.3, 0.4) is 0 Å². The molecule has 1 fully saturated rings. The molecule has 0 bridgehead atoms. The fourth-order valence-corrected chi connectivity index (χ4v) is 4.08. The maximum atomic E-state index is 12.1. The van der Waals surface area contributed by atoms with E-state index >= 15 is 0 Å². The average molecular weight is 302 g/mol. The van der Waals surface area contributed by atoms with Gasteiger partial charge in [0.15, 0.2) is 0 Å². The molecule has 0 spiro atoms. The van der Waals surface area contributed by atoms with Gasteiger partial charge in [-0.15, -0.1) is 11.3 Å². The lowest BCUT2D eigenvalue weighted by Crippen LogP contribution is -2.38. The number of thiazole rings is 1. The number of fused-ring (bicyclic) bond motifs is 1. The van der Waals surface area contributed by atoms with E-state index < -0.39 is 0 Å². The quantitative estimate of drug-likeness (QED) is 0.930. The van der Waals surface area contributed by atoms with E-state index in [0.29, 0.717) is 12.5 Å². The number of aryl methyl sites for hydroxylation is 1. The number of carbonyl (C=O) groups excluding carboxylic acids is 1. The Hall–Kier alpha value is -1.42. The molecule has 1 amide bonds. The summed E-state index contributed by atoms with van der Waals surface area (Å²) in [5.74, 6) is 0.918. The van der Waals surface area contributed by atoms with Crippen LogP contribution < -0.4 is 5.32 Å². The highest BCUT2D eigenvalue weighted by atomic mass is 32.1. The van der Waals surface area contributed by atoms with Crippen LogP contribution in [0.25, 0.3) is 10.2 Å². The third-order valence-corrected chi connectivity index (χ3v) is 5.30. The maximum Gasteiger partial charge on any atom is 0.220 e. The van der Waals surface area contributed by atoms with Gasteiger partial charge in [-0.05, 0) is 30.9 Å². The van der Waals surface area contributed by atoms with Crippen molar-refractivity contribution in [3.63, 3.8) is 0 Å². The van der Waals surface area contributed by atoms with Crippen LogP contribution in [0.2, 0.25) is 0 Å². The highest BCUT2D eigenvalue weighted by molar-refractivity contribution is 7.18. The van der Waals surface area contributed by atoms with Gasteiger partial charge < -0.3 is 5.32 Å². The SMILES string of the molecule is CC1CCCC(NC(=O)CCc2nc3ccccc3s2)C1. The molecule has 0 aliphatic heterocycles. The Labute approximate surface area is 129 Å². The summed E-state index contributed by atoms with van der Waals surface area (Å²) < 4.78 is 1.20. The number of para-hydroxylation sites is 1. The Bertz CT molecular complexity index is 589. The van der Waals surface area contributed by atoms with Crippen molar-refractivity contribution in [2.45, 2.75) is 51.5 Å². The van der Waals surface area contributed by atoms with Gasteiger partial charge in [0.05, 0.1) is 15.2 Å². The van der Waals surface area contributed by atoms with Crippen molar-refractivity contribution in [2.24, 2.45) is 5.92 Å². The predicted octanol–water partition coefficient (Wildman–Crippen LogP) is 3.92. The number of nitrogens with zero attached hydrogens (tertiary/aromatic N) is 1. The number of nitrogens with one attached hydrogen (secondary N) is 1. The molecule has 2 unspecified atom stereocenters. The van der Waals surface area contributed by atoms with E-state index in [0.717, 1.165) is 35.7 Å². The molecular weight excluding hydrogens is 280 g/mol. The van der Waals surface area contributed by atoms with Crippen LogP contribution in [0.15, 0.2) is 24.3 Å². The first-order valence-corrected chi connectivity index (χ1v) is 8.66. The van der Waals surface area contributed by atoms with Crippen LogP contribution in [-0.4, -0.2) is 16.9 Å². The van der Waals surface area contributed by atoms with Crippen molar-refractivity contribution < 1.29 is 4.79 Å². The second-order valence-corrected chi connectivity index (χ2v) is 7.23. The van der Waals surface area contributed by atoms with Crippen LogP contribution in [-0.2, 0) is 11.2 Å². The van der Waals surface area contributed by atoms with Crippen LogP contribution in [0, 0.1) is 5.92 Å². The largest absolute Gasteiger partial charge is 0.353 e. The minimum absolute atomic E-state index is 0.174. The average Bonchev–Trinajstić information content (AvgIpc) is 2.88. The zero-order valence-electron chi connectivity index (χ0n) is 12.5. The molecule has 4 heteroatoms. The van der Waals surface area contributed by atoms with Crippen LogP contribution in [0.5, 0.6) is 0 Å². The Kier molecular flexibility index (Phi) is 4.54. The van der Waals surface area contributed by atoms with E-state index in [1.54, 1.807) is 11.3 Å². The van der Waals surface area contributed by atoms with E-state index in [4.69, 9.17) is 0 Å². The fraction of sp³-hybridized carbons (Fsp3) is 0.529. The Balaban J connectivity index is 1.51. The molecule has 3 nitrogen and oxygen atoms in total. The molecule has 0 radical (unpaired) electrons. The summed E-state index contributed by atoms with van der Waals surface area (Å²) in [4.78, 5) is 16.7. The summed E-state index contributed by atoms with van der Waals surface area (Å²) >= 11 is 1.69. The first kappa shape index (κ1) is 14.5. The van der Waals surface area contributed by atoms with Gasteiger partial charge in [-0.2, -0.15) is 0 Å². The number of hydrogen-bond donors (Lipinski definition) is 1. The van der Waals surface area contributed by atoms with Crippen LogP contribution in [0.1, 0.15) is 44.0 Å². The predicted molar refractivity (Wildman–Crippen MR) is 87.5 cm³/mol. The summed E-state index contributed by atoms with van der Waals surface area (Å²) in [6.07, 6.45) is 6.10. The summed E-state index contributed by atoms with van der Waals surface area (Å²) in [5, 5.41) is 4.25. The summed E-state index contributed by atoms with van der Waals surface area (Å²) in [7, 11) is 0. The number of aromatic nitrogens is 1. The molecule has 3 rings (SSSR count). The molecule has 1 aromatic carbocycles. The van der Waals surface area contributed by atoms with Crippen molar-refractivity contribution in [3.8, 4) is 0 Å². The number of rotatable bonds is 4. The summed E-state index contributed by atoms with van der Waals surface area (Å²) in [6.45, 7) is 2.28. The van der Waals surface area contributed by atoms with E-state index in [1.165, 1.54) is 17.5 Å². The van der Waals surface area contributed by atoms with Gasteiger partial charge in [0.25, 0.3) is 0 Å². The molecule has 2 atom stereocenters. The molecule has 1 N–H and O–H groups in total. The first-order chi connectivity index (χ1) is 10.2. The molecular formula is C17H22N2OS. The highest BCUT2D eigenvalue weighted by Gasteiger charge is 2.20. The second kappa shape index (κ2) is 6.56. The van der Waals surface area contributed by atoms with Crippen LogP contribution >= 0.6 is 11.3 Å². The third kappa shape index (κ3) is 3.82. The lowest BCUT2D eigenvalue weighted by molar-refractivity contribution is -0.122. The first-order valence-electron chi connectivity index (χ1n) is 7.84. The van der Waals surface area contributed by atoms with E-state index in [1.807, 2.05) is 18.2 Å². The third-order valence-electron chi connectivity index (χ3n) is 4.21. The van der Waals surface area contributed by atoms with E-state index in [9.17, 15) is 4.79 Å². The number of hydrogen-bond acceptors (Lipinski definition) is 3. The van der Waals surface area contributed by atoms with E-state index in [2.05, 4.69) is 23.3 Å². The second-order valence-electron chi connectivity index (χ2n) is 6.11.